The molecule has 0 spiro atoms. The van der Waals surface area contributed by atoms with Gasteiger partial charge in [-0.15, -0.1) is 0 Å². The fraction of sp³-hybridized carbons (Fsp3) is 0.720. The van der Waals surface area contributed by atoms with Crippen molar-refractivity contribution < 1.29 is 9.59 Å². The van der Waals surface area contributed by atoms with Crippen LogP contribution in [0, 0.1) is 11.8 Å². The van der Waals surface area contributed by atoms with Gasteiger partial charge in [-0.1, -0.05) is 13.0 Å². The molecule has 4 fully saturated rings. The van der Waals surface area contributed by atoms with E-state index in [1.54, 1.807) is 0 Å². The molecule has 0 aliphatic carbocycles. The van der Waals surface area contributed by atoms with Gasteiger partial charge in [0.1, 0.15) is 6.04 Å². The molecule has 5 heterocycles. The molecular weight excluding hydrogens is 402 g/mol. The van der Waals surface area contributed by atoms with E-state index >= 15 is 0 Å². The molecule has 7 nitrogen and oxygen atoms in total. The second-order valence-corrected chi connectivity index (χ2v) is 10.3. The zero-order chi connectivity index (χ0) is 22.2. The Kier molecular flexibility index (Phi) is 6.21. The maximum Gasteiger partial charge on any atom is 0.245 e. The molecular formula is C25H37N5O2. The second-order valence-electron chi connectivity index (χ2n) is 10.3. The summed E-state index contributed by atoms with van der Waals surface area (Å²) in [6, 6.07) is 4.25. The first-order valence-corrected chi connectivity index (χ1v) is 12.5. The van der Waals surface area contributed by atoms with Gasteiger partial charge in [0.2, 0.25) is 11.8 Å². The Morgan fingerprint density at radius 3 is 2.62 bits per heavy atom. The first-order chi connectivity index (χ1) is 15.5. The van der Waals surface area contributed by atoms with Crippen molar-refractivity contribution in [3.63, 3.8) is 0 Å². The number of carbonyl (C=O) groups excluding carboxylic acids is 2. The Labute approximate surface area is 191 Å². The van der Waals surface area contributed by atoms with Crippen molar-refractivity contribution >= 4 is 11.8 Å². The molecule has 0 N–H and O–H groups in total. The molecule has 4 saturated heterocycles. The average Bonchev–Trinajstić information content (AvgIpc) is 2.80. The number of aromatic nitrogens is 1. The highest BCUT2D eigenvalue weighted by atomic mass is 16.2. The maximum absolute atomic E-state index is 13.8. The molecule has 0 radical (unpaired) electrons. The molecule has 2 amide bonds. The summed E-state index contributed by atoms with van der Waals surface area (Å²) in [5.41, 5.74) is 2.36. The molecule has 174 valence electrons. The van der Waals surface area contributed by atoms with Gasteiger partial charge in [0, 0.05) is 70.4 Å². The monoisotopic (exact) mass is 439 g/mol. The summed E-state index contributed by atoms with van der Waals surface area (Å²) in [5, 5.41) is 0. The summed E-state index contributed by atoms with van der Waals surface area (Å²) in [6.07, 6.45) is 6.64. The predicted molar refractivity (Wildman–Crippen MR) is 123 cm³/mol. The van der Waals surface area contributed by atoms with E-state index in [2.05, 4.69) is 45.8 Å². The van der Waals surface area contributed by atoms with Crippen LogP contribution in [0.15, 0.2) is 18.3 Å². The number of likely N-dealkylation sites (N-methyl/N-ethyl adjacent to an activating group) is 1. The van der Waals surface area contributed by atoms with E-state index < -0.39 is 0 Å². The van der Waals surface area contributed by atoms with Crippen LogP contribution in [0.2, 0.25) is 0 Å². The van der Waals surface area contributed by atoms with Crippen molar-refractivity contribution in [2.75, 3.05) is 46.3 Å². The lowest BCUT2D eigenvalue weighted by Gasteiger charge is -2.56. The molecule has 2 bridgehead atoms. The number of fused-ring (bicyclic) bond motifs is 4. The summed E-state index contributed by atoms with van der Waals surface area (Å²) in [5.74, 6) is 1.07. The van der Waals surface area contributed by atoms with Gasteiger partial charge in [-0.3, -0.25) is 19.5 Å². The standard InChI is InChI=1S/C25H37N5O2/c1-3-18-7-8-21(26-14-18)17-28-15-19-13-20(16-28)24(30-22(19)5-4-6-23(30)31)25(32)29-11-9-27(2)10-12-29/h7-8,14,19-20,22,24H,3-6,9-13,15-17H2,1-2H3/t19-,20+,22+,24-/m1/s1. The van der Waals surface area contributed by atoms with E-state index in [0.29, 0.717) is 12.3 Å². The van der Waals surface area contributed by atoms with Crippen LogP contribution in [-0.2, 0) is 22.6 Å². The van der Waals surface area contributed by atoms with Gasteiger partial charge in [-0.25, -0.2) is 0 Å². The number of aryl methyl sites for hydroxylation is 1. The Balaban J connectivity index is 1.37. The smallest absolute Gasteiger partial charge is 0.245 e. The average molecular weight is 440 g/mol. The highest BCUT2D eigenvalue weighted by molar-refractivity contribution is 5.89. The highest BCUT2D eigenvalue weighted by Crippen LogP contribution is 2.42. The van der Waals surface area contributed by atoms with Crippen LogP contribution in [0.1, 0.15) is 43.9 Å². The molecule has 0 aromatic carbocycles. The van der Waals surface area contributed by atoms with E-state index in [-0.39, 0.29) is 29.8 Å². The number of piperidine rings is 3. The highest BCUT2D eigenvalue weighted by Gasteiger charge is 2.52. The molecule has 4 aliphatic heterocycles. The second kappa shape index (κ2) is 9.10. The minimum atomic E-state index is -0.286. The lowest BCUT2D eigenvalue weighted by Crippen LogP contribution is -2.69. The van der Waals surface area contributed by atoms with Crippen LogP contribution in [0.4, 0.5) is 0 Å². The number of carbonyl (C=O) groups is 2. The van der Waals surface area contributed by atoms with E-state index in [0.717, 1.165) is 77.2 Å². The van der Waals surface area contributed by atoms with E-state index in [4.69, 9.17) is 0 Å². The third-order valence-corrected chi connectivity index (χ3v) is 8.16. The molecule has 1 aromatic rings. The molecule has 5 rings (SSSR count). The summed E-state index contributed by atoms with van der Waals surface area (Å²) in [6.45, 7) is 8.21. The van der Waals surface area contributed by atoms with Crippen molar-refractivity contribution in [3.8, 4) is 0 Å². The third kappa shape index (κ3) is 4.17. The van der Waals surface area contributed by atoms with Crippen LogP contribution in [-0.4, -0.2) is 94.8 Å². The zero-order valence-corrected chi connectivity index (χ0v) is 19.6. The van der Waals surface area contributed by atoms with Crippen LogP contribution >= 0.6 is 0 Å². The molecule has 7 heteroatoms. The van der Waals surface area contributed by atoms with Gasteiger partial charge >= 0.3 is 0 Å². The molecule has 4 aliphatic rings. The fourth-order valence-corrected chi connectivity index (χ4v) is 6.40. The van der Waals surface area contributed by atoms with E-state index in [1.807, 2.05) is 11.1 Å². The predicted octanol–water partition coefficient (Wildman–Crippen LogP) is 1.62. The number of piperazine rings is 1. The normalized spacial score (nSPS) is 31.5. The van der Waals surface area contributed by atoms with Gasteiger partial charge < -0.3 is 14.7 Å². The summed E-state index contributed by atoms with van der Waals surface area (Å²) in [4.78, 5) is 40.4. The van der Waals surface area contributed by atoms with Crippen LogP contribution < -0.4 is 0 Å². The summed E-state index contributed by atoms with van der Waals surface area (Å²) >= 11 is 0. The van der Waals surface area contributed by atoms with E-state index in [9.17, 15) is 9.59 Å². The number of pyridine rings is 1. The van der Waals surface area contributed by atoms with Crippen LogP contribution in [0.5, 0.6) is 0 Å². The first kappa shape index (κ1) is 21.8. The van der Waals surface area contributed by atoms with Gasteiger partial charge in [-0.05, 0) is 50.3 Å². The number of nitrogens with zero attached hydrogens (tertiary/aromatic N) is 5. The van der Waals surface area contributed by atoms with Gasteiger partial charge in [0.05, 0.1) is 5.69 Å². The molecule has 0 unspecified atom stereocenters. The van der Waals surface area contributed by atoms with Crippen molar-refractivity contribution in [2.45, 2.75) is 57.7 Å². The fourth-order valence-electron chi connectivity index (χ4n) is 6.40. The van der Waals surface area contributed by atoms with Crippen molar-refractivity contribution in [1.82, 2.24) is 24.6 Å². The van der Waals surface area contributed by atoms with Crippen molar-refractivity contribution in [2.24, 2.45) is 11.8 Å². The topological polar surface area (TPSA) is 60.0 Å². The van der Waals surface area contributed by atoms with Crippen LogP contribution in [0.25, 0.3) is 0 Å². The maximum atomic E-state index is 13.8. The SMILES string of the molecule is CCc1ccc(CN2C[C@H]3C[C@@H](C2)[C@H](C(=O)N2CCN(C)CC2)N2C(=O)CCC[C@@H]32)nc1. The van der Waals surface area contributed by atoms with E-state index in [1.165, 1.54) is 5.56 Å². The van der Waals surface area contributed by atoms with Crippen molar-refractivity contribution in [3.05, 3.63) is 29.6 Å². The first-order valence-electron chi connectivity index (χ1n) is 12.5. The van der Waals surface area contributed by atoms with Crippen LogP contribution in [0.3, 0.4) is 0 Å². The Hall–Kier alpha value is -1.99. The van der Waals surface area contributed by atoms with Gasteiger partial charge in [-0.2, -0.15) is 0 Å². The molecule has 32 heavy (non-hydrogen) atoms. The molecule has 1 aromatic heterocycles. The quantitative estimate of drug-likeness (QED) is 0.714. The number of rotatable bonds is 4. The van der Waals surface area contributed by atoms with Crippen molar-refractivity contribution in [1.29, 1.82) is 0 Å². The number of hydrogen-bond acceptors (Lipinski definition) is 5. The number of likely N-dealkylation sites (tertiary alicyclic amines) is 1. The van der Waals surface area contributed by atoms with Gasteiger partial charge in [0.25, 0.3) is 0 Å². The van der Waals surface area contributed by atoms with Gasteiger partial charge in [0.15, 0.2) is 0 Å². The zero-order valence-electron chi connectivity index (χ0n) is 19.6. The minimum Gasteiger partial charge on any atom is -0.338 e. The molecule has 0 saturated carbocycles. The number of hydrogen-bond donors (Lipinski definition) is 0. The lowest BCUT2D eigenvalue weighted by atomic mass is 9.71. The molecule has 4 atom stereocenters. The summed E-state index contributed by atoms with van der Waals surface area (Å²) in [7, 11) is 2.11. The Morgan fingerprint density at radius 1 is 1.12 bits per heavy atom. The minimum absolute atomic E-state index is 0.189. The Bertz CT molecular complexity index is 835. The number of amides is 2. The lowest BCUT2D eigenvalue weighted by molar-refractivity contribution is -0.166. The third-order valence-electron chi connectivity index (χ3n) is 8.16. The Morgan fingerprint density at radius 2 is 1.91 bits per heavy atom. The summed E-state index contributed by atoms with van der Waals surface area (Å²) < 4.78 is 0. The largest absolute Gasteiger partial charge is 0.338 e.